The average molecular weight is 345 g/mol. The van der Waals surface area contributed by atoms with Crippen LogP contribution in [0.15, 0.2) is 67.3 Å². The highest BCUT2D eigenvalue weighted by Gasteiger charge is 2.21. The van der Waals surface area contributed by atoms with E-state index in [1.54, 1.807) is 31.4 Å². The van der Waals surface area contributed by atoms with Crippen molar-refractivity contribution in [3.63, 3.8) is 0 Å². The van der Waals surface area contributed by atoms with Crippen molar-refractivity contribution in [1.82, 2.24) is 5.64 Å². The Balaban J connectivity index is 2.00. The topological polar surface area (TPSA) is 80.2 Å². The van der Waals surface area contributed by atoms with Gasteiger partial charge in [-0.3, -0.25) is 9.68 Å². The van der Waals surface area contributed by atoms with E-state index >= 15 is 0 Å². The molecule has 0 saturated carbocycles. The van der Waals surface area contributed by atoms with Gasteiger partial charge in [0.15, 0.2) is 0 Å². The molecule has 0 amide bonds. The summed E-state index contributed by atoms with van der Waals surface area (Å²) < 4.78 is 5.12. The fourth-order valence-electron chi connectivity index (χ4n) is 2.27. The van der Waals surface area contributed by atoms with E-state index in [4.69, 9.17) is 14.4 Å². The minimum absolute atomic E-state index is 0.225. The van der Waals surface area contributed by atoms with Crippen LogP contribution in [0.3, 0.4) is 0 Å². The molecule has 0 unspecified atom stereocenters. The van der Waals surface area contributed by atoms with Crippen LogP contribution in [0.5, 0.6) is 5.75 Å². The summed E-state index contributed by atoms with van der Waals surface area (Å²) in [6.07, 6.45) is -0.914. The van der Waals surface area contributed by atoms with Crippen molar-refractivity contribution in [2.24, 2.45) is 0 Å². The maximum atomic E-state index is 10.1. The van der Waals surface area contributed by atoms with E-state index in [9.17, 15) is 10.2 Å². The lowest BCUT2D eigenvalue weighted by molar-refractivity contribution is -0.242. The molecule has 0 bridgehead atoms. The van der Waals surface area contributed by atoms with Crippen LogP contribution in [0.25, 0.3) is 0 Å². The Morgan fingerprint density at radius 1 is 1.04 bits per heavy atom. The number of hydrogen-bond donors (Lipinski definition) is 3. The van der Waals surface area contributed by atoms with Gasteiger partial charge >= 0.3 is 0 Å². The number of nitrogens with one attached hydrogen (secondary N) is 1. The lowest BCUT2D eigenvalue weighted by atomic mass is 10.0. The molecule has 2 aromatic rings. The molecule has 0 aromatic heterocycles. The normalized spacial score (nSPS) is 14.5. The molecule has 0 aliphatic heterocycles. The van der Waals surface area contributed by atoms with Gasteiger partial charge < -0.3 is 14.9 Å². The van der Waals surface area contributed by atoms with Crippen LogP contribution in [-0.4, -0.2) is 30.0 Å². The van der Waals surface area contributed by atoms with Gasteiger partial charge in [0.25, 0.3) is 0 Å². The third-order valence-corrected chi connectivity index (χ3v) is 3.70. The molecule has 2 rings (SSSR count). The first-order valence-corrected chi connectivity index (χ1v) is 7.86. The molecule has 6 heteroatoms. The largest absolute Gasteiger partial charge is 0.497 e. The first-order chi connectivity index (χ1) is 12.2. The Kier molecular flexibility index (Phi) is 7.59. The SMILES string of the molecule is C=C[C@@H](O)[C@@H](ONO[C@H](CO)c1ccccc1)c1ccc(OC)cc1. The third-order valence-electron chi connectivity index (χ3n) is 3.70. The molecule has 0 heterocycles. The molecule has 134 valence electrons. The number of ether oxygens (including phenoxy) is 1. The van der Waals surface area contributed by atoms with E-state index in [0.717, 1.165) is 5.56 Å². The number of rotatable bonds is 10. The third kappa shape index (κ3) is 5.38. The number of benzene rings is 2. The predicted octanol–water partition coefficient (Wildman–Crippen LogP) is 2.47. The van der Waals surface area contributed by atoms with Gasteiger partial charge in [0, 0.05) is 0 Å². The molecule has 0 fully saturated rings. The summed E-state index contributed by atoms with van der Waals surface area (Å²) in [5, 5.41) is 19.6. The molecule has 3 atom stereocenters. The molecular formula is C19H23NO5. The Morgan fingerprint density at radius 3 is 2.28 bits per heavy atom. The van der Waals surface area contributed by atoms with E-state index in [1.807, 2.05) is 30.3 Å². The summed E-state index contributed by atoms with van der Waals surface area (Å²) in [5.74, 6) is 0.698. The summed E-state index contributed by atoms with van der Waals surface area (Å²) in [5.41, 5.74) is 3.89. The van der Waals surface area contributed by atoms with Crippen LogP contribution in [0.4, 0.5) is 0 Å². The molecule has 0 aliphatic carbocycles. The molecule has 0 saturated heterocycles. The van der Waals surface area contributed by atoms with Gasteiger partial charge in [-0.1, -0.05) is 54.2 Å². The van der Waals surface area contributed by atoms with Crippen molar-refractivity contribution in [1.29, 1.82) is 0 Å². The molecule has 2 aromatic carbocycles. The van der Waals surface area contributed by atoms with E-state index in [2.05, 4.69) is 12.2 Å². The van der Waals surface area contributed by atoms with Crippen LogP contribution in [0.2, 0.25) is 0 Å². The minimum Gasteiger partial charge on any atom is -0.497 e. The van der Waals surface area contributed by atoms with Gasteiger partial charge in [-0.05, 0) is 23.3 Å². The quantitative estimate of drug-likeness (QED) is 0.453. The van der Waals surface area contributed by atoms with E-state index in [0.29, 0.717) is 11.3 Å². The summed E-state index contributed by atoms with van der Waals surface area (Å²) in [7, 11) is 1.58. The van der Waals surface area contributed by atoms with Crippen LogP contribution in [0, 0.1) is 0 Å². The predicted molar refractivity (Wildman–Crippen MR) is 93.5 cm³/mol. The minimum atomic E-state index is -0.950. The highest BCUT2D eigenvalue weighted by atomic mass is 16.9. The Morgan fingerprint density at radius 2 is 1.72 bits per heavy atom. The summed E-state index contributed by atoms with van der Waals surface area (Å²) >= 11 is 0. The Hall–Kier alpha value is -2.22. The molecule has 0 aliphatic rings. The maximum Gasteiger partial charge on any atom is 0.136 e. The lowest BCUT2D eigenvalue weighted by Crippen LogP contribution is -2.28. The lowest BCUT2D eigenvalue weighted by Gasteiger charge is -2.23. The van der Waals surface area contributed by atoms with Crippen LogP contribution in [0.1, 0.15) is 23.3 Å². The van der Waals surface area contributed by atoms with Crippen molar-refractivity contribution in [3.05, 3.63) is 78.4 Å². The molecule has 3 N–H and O–H groups in total. The van der Waals surface area contributed by atoms with Crippen molar-refractivity contribution >= 4 is 0 Å². The van der Waals surface area contributed by atoms with Gasteiger partial charge in [-0.2, -0.15) is 0 Å². The second-order valence-corrected chi connectivity index (χ2v) is 5.32. The Bertz CT molecular complexity index is 632. The van der Waals surface area contributed by atoms with Gasteiger partial charge in [0.1, 0.15) is 24.1 Å². The molecule has 25 heavy (non-hydrogen) atoms. The highest BCUT2D eigenvalue weighted by Crippen LogP contribution is 2.24. The molecular weight excluding hydrogens is 322 g/mol. The molecule has 6 nitrogen and oxygen atoms in total. The van der Waals surface area contributed by atoms with E-state index in [-0.39, 0.29) is 6.61 Å². The van der Waals surface area contributed by atoms with Gasteiger partial charge in [-0.15, -0.1) is 6.58 Å². The second-order valence-electron chi connectivity index (χ2n) is 5.32. The molecule has 0 spiro atoms. The van der Waals surface area contributed by atoms with Gasteiger partial charge in [0.2, 0.25) is 0 Å². The fourth-order valence-corrected chi connectivity index (χ4v) is 2.27. The average Bonchev–Trinajstić information content (AvgIpc) is 2.68. The zero-order valence-corrected chi connectivity index (χ0v) is 14.0. The van der Waals surface area contributed by atoms with Crippen molar-refractivity contribution < 1.29 is 24.6 Å². The maximum absolute atomic E-state index is 10.1. The zero-order chi connectivity index (χ0) is 18.1. The van der Waals surface area contributed by atoms with Crippen molar-refractivity contribution in [2.75, 3.05) is 13.7 Å². The number of aliphatic hydroxyl groups is 2. The van der Waals surface area contributed by atoms with E-state index < -0.39 is 18.3 Å². The highest BCUT2D eigenvalue weighted by molar-refractivity contribution is 5.29. The first kappa shape index (κ1) is 19.1. The first-order valence-electron chi connectivity index (χ1n) is 7.86. The van der Waals surface area contributed by atoms with Crippen LogP contribution < -0.4 is 10.4 Å². The number of methoxy groups -OCH3 is 1. The molecule has 0 radical (unpaired) electrons. The summed E-state index contributed by atoms with van der Waals surface area (Å²) in [6.45, 7) is 3.36. The number of aliphatic hydroxyl groups excluding tert-OH is 2. The van der Waals surface area contributed by atoms with Gasteiger partial charge in [-0.25, -0.2) is 0 Å². The zero-order valence-electron chi connectivity index (χ0n) is 14.0. The smallest absolute Gasteiger partial charge is 0.136 e. The van der Waals surface area contributed by atoms with Crippen LogP contribution >= 0.6 is 0 Å². The Labute approximate surface area is 147 Å². The second kappa shape index (κ2) is 9.93. The summed E-state index contributed by atoms with van der Waals surface area (Å²) in [4.78, 5) is 10.8. The van der Waals surface area contributed by atoms with Crippen molar-refractivity contribution in [3.8, 4) is 5.75 Å². The fraction of sp³-hybridized carbons (Fsp3) is 0.263. The standard InChI is InChI=1S/C19H23NO5/c1-3-17(22)19(15-9-11-16(23-2)12-10-15)25-20-24-18(13-21)14-7-5-4-6-8-14/h3-12,17-22H,1,13H2,2H3/t17-,18-,19+/m1/s1. The van der Waals surface area contributed by atoms with Crippen molar-refractivity contribution in [2.45, 2.75) is 18.3 Å². The monoisotopic (exact) mass is 345 g/mol. The van der Waals surface area contributed by atoms with Gasteiger partial charge in [0.05, 0.1) is 13.7 Å². The van der Waals surface area contributed by atoms with E-state index in [1.165, 1.54) is 6.08 Å². The van der Waals surface area contributed by atoms with Crippen LogP contribution in [-0.2, 0) is 9.68 Å². The summed E-state index contributed by atoms with van der Waals surface area (Å²) in [6, 6.07) is 16.3. The number of hydrogen-bond acceptors (Lipinski definition) is 6.